The highest BCUT2D eigenvalue weighted by molar-refractivity contribution is 8.00. The van der Waals surface area contributed by atoms with Gasteiger partial charge < -0.3 is 21.1 Å². The lowest BCUT2D eigenvalue weighted by Crippen LogP contribution is -2.40. The normalized spacial score (nSPS) is 27.7. The van der Waals surface area contributed by atoms with Crippen molar-refractivity contribution < 1.29 is 19.5 Å². The number of carboxylic acids is 1. The van der Waals surface area contributed by atoms with E-state index < -0.39 is 12.0 Å². The standard InChI is InChI=1S/C14H23N3O4S/c1-2-8(13(19)20)15-11(18)6-4-3-5-10-12-9(7-22-10)16-14(21)17-12/h8-10,12H,2-7H2,1H3,(H,15,18)(H,19,20)(H2,16,17,21)/t8-,9-,10-,12-/m0/s1. The monoisotopic (exact) mass is 329 g/mol. The van der Waals surface area contributed by atoms with Gasteiger partial charge in [0.05, 0.1) is 12.1 Å². The summed E-state index contributed by atoms with van der Waals surface area (Å²) in [6.45, 7) is 1.73. The van der Waals surface area contributed by atoms with E-state index in [1.807, 2.05) is 11.8 Å². The van der Waals surface area contributed by atoms with Gasteiger partial charge in [-0.3, -0.25) is 4.79 Å². The molecule has 22 heavy (non-hydrogen) atoms. The summed E-state index contributed by atoms with van der Waals surface area (Å²) < 4.78 is 0. The SMILES string of the molecule is CC[C@H](NC(=O)CCCC[C@@H]1SC[C@@H]2NC(=O)N[C@@H]21)C(=O)O. The number of carbonyl (C=O) groups excluding carboxylic acids is 2. The van der Waals surface area contributed by atoms with E-state index in [0.717, 1.165) is 25.0 Å². The molecule has 2 fully saturated rings. The van der Waals surface area contributed by atoms with Crippen molar-refractivity contribution in [1.29, 1.82) is 0 Å². The second-order valence-electron chi connectivity index (χ2n) is 5.73. The van der Waals surface area contributed by atoms with Crippen LogP contribution in [0.25, 0.3) is 0 Å². The van der Waals surface area contributed by atoms with Crippen LogP contribution in [0.2, 0.25) is 0 Å². The number of hydrogen-bond donors (Lipinski definition) is 4. The number of aliphatic carboxylic acids is 1. The number of nitrogens with one attached hydrogen (secondary N) is 3. The third-order valence-corrected chi connectivity index (χ3v) is 5.63. The smallest absolute Gasteiger partial charge is 0.326 e. The van der Waals surface area contributed by atoms with Gasteiger partial charge in [-0.15, -0.1) is 0 Å². The molecule has 0 aromatic heterocycles. The van der Waals surface area contributed by atoms with Crippen LogP contribution >= 0.6 is 11.8 Å². The third-order valence-electron chi connectivity index (χ3n) is 4.12. The Bertz CT molecular complexity index is 446. The quantitative estimate of drug-likeness (QED) is 0.387. The molecule has 0 spiro atoms. The molecule has 0 aromatic rings. The largest absolute Gasteiger partial charge is 0.480 e. The highest BCUT2D eigenvalue weighted by Crippen LogP contribution is 2.33. The van der Waals surface area contributed by atoms with Crippen molar-refractivity contribution in [3.8, 4) is 0 Å². The van der Waals surface area contributed by atoms with E-state index in [2.05, 4.69) is 16.0 Å². The molecule has 0 bridgehead atoms. The van der Waals surface area contributed by atoms with Crippen LogP contribution in [0.1, 0.15) is 39.0 Å². The minimum Gasteiger partial charge on any atom is -0.480 e. The molecule has 0 saturated carbocycles. The van der Waals surface area contributed by atoms with Gasteiger partial charge >= 0.3 is 12.0 Å². The summed E-state index contributed by atoms with van der Waals surface area (Å²) in [6, 6.07) is -0.452. The van der Waals surface area contributed by atoms with E-state index in [1.165, 1.54) is 0 Å². The molecule has 2 aliphatic rings. The Hall–Kier alpha value is -1.44. The van der Waals surface area contributed by atoms with Gasteiger partial charge in [0.1, 0.15) is 6.04 Å². The zero-order chi connectivity index (χ0) is 16.1. The number of fused-ring (bicyclic) bond motifs is 1. The summed E-state index contributed by atoms with van der Waals surface area (Å²) in [6.07, 6.45) is 3.32. The number of amides is 3. The zero-order valence-corrected chi connectivity index (χ0v) is 13.4. The van der Waals surface area contributed by atoms with Gasteiger partial charge in [-0.25, -0.2) is 9.59 Å². The second kappa shape index (κ2) is 7.71. The molecular weight excluding hydrogens is 306 g/mol. The number of hydrogen-bond acceptors (Lipinski definition) is 4. The highest BCUT2D eigenvalue weighted by Gasteiger charge is 2.42. The summed E-state index contributed by atoms with van der Waals surface area (Å²) in [4.78, 5) is 33.8. The number of urea groups is 1. The van der Waals surface area contributed by atoms with Crippen LogP contribution in [0.4, 0.5) is 4.79 Å². The maximum absolute atomic E-state index is 11.7. The van der Waals surface area contributed by atoms with Crippen LogP contribution in [0, 0.1) is 0 Å². The second-order valence-corrected chi connectivity index (χ2v) is 7.01. The van der Waals surface area contributed by atoms with Crippen LogP contribution in [-0.4, -0.2) is 52.1 Å². The van der Waals surface area contributed by atoms with Crippen LogP contribution in [0.5, 0.6) is 0 Å². The molecule has 124 valence electrons. The van der Waals surface area contributed by atoms with Crippen molar-refractivity contribution >= 4 is 29.7 Å². The van der Waals surface area contributed by atoms with Crippen LogP contribution < -0.4 is 16.0 Å². The Labute approximate surface area is 134 Å². The van der Waals surface area contributed by atoms with Crippen LogP contribution in [0.3, 0.4) is 0 Å². The van der Waals surface area contributed by atoms with Crippen LogP contribution in [0.15, 0.2) is 0 Å². The van der Waals surface area contributed by atoms with E-state index in [4.69, 9.17) is 5.11 Å². The Balaban J connectivity index is 1.62. The first kappa shape index (κ1) is 16.9. The van der Waals surface area contributed by atoms with Gasteiger partial charge in [0.2, 0.25) is 5.91 Å². The van der Waals surface area contributed by atoms with E-state index >= 15 is 0 Å². The molecule has 3 amide bonds. The molecule has 0 radical (unpaired) electrons. The summed E-state index contributed by atoms with van der Waals surface area (Å²) in [7, 11) is 0. The lowest BCUT2D eigenvalue weighted by molar-refractivity contribution is -0.141. The number of thioether (sulfide) groups is 1. The average molecular weight is 329 g/mol. The topological polar surface area (TPSA) is 108 Å². The first-order valence-electron chi connectivity index (χ1n) is 7.72. The van der Waals surface area contributed by atoms with Gasteiger partial charge in [-0.1, -0.05) is 13.3 Å². The molecule has 2 heterocycles. The third kappa shape index (κ3) is 4.28. The molecule has 0 aromatic carbocycles. The fourth-order valence-electron chi connectivity index (χ4n) is 2.88. The summed E-state index contributed by atoms with van der Waals surface area (Å²) >= 11 is 1.86. The Morgan fingerprint density at radius 1 is 1.41 bits per heavy atom. The van der Waals surface area contributed by atoms with Crippen molar-refractivity contribution in [2.45, 2.75) is 62.4 Å². The minimum atomic E-state index is -0.992. The lowest BCUT2D eigenvalue weighted by Gasteiger charge is -2.16. The van der Waals surface area contributed by atoms with Crippen molar-refractivity contribution in [3.05, 3.63) is 0 Å². The van der Waals surface area contributed by atoms with Gasteiger partial charge in [0.25, 0.3) is 0 Å². The van der Waals surface area contributed by atoms with Gasteiger partial charge in [0.15, 0.2) is 0 Å². The molecule has 4 atom stereocenters. The molecule has 0 aliphatic carbocycles. The average Bonchev–Trinajstić information content (AvgIpc) is 3.00. The van der Waals surface area contributed by atoms with E-state index in [9.17, 15) is 14.4 Å². The molecule has 8 heteroatoms. The molecule has 2 rings (SSSR count). The summed E-state index contributed by atoms with van der Waals surface area (Å²) in [5.74, 6) is -0.263. The molecular formula is C14H23N3O4S. The number of rotatable bonds is 8. The van der Waals surface area contributed by atoms with Crippen molar-refractivity contribution in [3.63, 3.8) is 0 Å². The first-order valence-corrected chi connectivity index (χ1v) is 8.77. The fraction of sp³-hybridized carbons (Fsp3) is 0.786. The maximum Gasteiger partial charge on any atom is 0.326 e. The highest BCUT2D eigenvalue weighted by atomic mass is 32.2. The fourth-order valence-corrected chi connectivity index (χ4v) is 4.42. The van der Waals surface area contributed by atoms with Gasteiger partial charge in [-0.05, 0) is 19.3 Å². The van der Waals surface area contributed by atoms with Crippen molar-refractivity contribution in [1.82, 2.24) is 16.0 Å². The first-order chi connectivity index (χ1) is 10.5. The Morgan fingerprint density at radius 2 is 2.18 bits per heavy atom. The number of carboxylic acid groups (broad SMARTS) is 1. The Morgan fingerprint density at radius 3 is 2.86 bits per heavy atom. The molecule has 2 saturated heterocycles. The predicted molar refractivity (Wildman–Crippen MR) is 83.8 cm³/mol. The molecule has 7 nitrogen and oxygen atoms in total. The van der Waals surface area contributed by atoms with Gasteiger partial charge in [-0.2, -0.15) is 11.8 Å². The number of carbonyl (C=O) groups is 3. The van der Waals surface area contributed by atoms with Crippen LogP contribution in [-0.2, 0) is 9.59 Å². The summed E-state index contributed by atoms with van der Waals surface area (Å²) in [5, 5.41) is 17.7. The zero-order valence-electron chi connectivity index (χ0n) is 12.6. The Kier molecular flexibility index (Phi) is 5.93. The lowest BCUT2D eigenvalue weighted by atomic mass is 10.0. The molecule has 4 N–H and O–H groups in total. The van der Waals surface area contributed by atoms with E-state index in [-0.39, 0.29) is 24.0 Å². The maximum atomic E-state index is 11.7. The predicted octanol–water partition coefficient (Wildman–Crippen LogP) is 0.692. The number of unbranched alkanes of at least 4 members (excludes halogenated alkanes) is 1. The van der Waals surface area contributed by atoms with E-state index in [1.54, 1.807) is 6.92 Å². The summed E-state index contributed by atoms with van der Waals surface area (Å²) in [5.41, 5.74) is 0. The van der Waals surface area contributed by atoms with Crippen molar-refractivity contribution in [2.24, 2.45) is 0 Å². The molecule has 0 unspecified atom stereocenters. The van der Waals surface area contributed by atoms with E-state index in [0.29, 0.717) is 18.1 Å². The van der Waals surface area contributed by atoms with Gasteiger partial charge in [0, 0.05) is 17.4 Å². The van der Waals surface area contributed by atoms with Crippen molar-refractivity contribution in [2.75, 3.05) is 5.75 Å². The minimum absolute atomic E-state index is 0.0843. The molecule has 2 aliphatic heterocycles.